The lowest BCUT2D eigenvalue weighted by Crippen LogP contribution is -2.04. The van der Waals surface area contributed by atoms with E-state index in [0.717, 1.165) is 12.0 Å². The lowest BCUT2D eigenvalue weighted by atomic mass is 10.2. The first-order valence-electron chi connectivity index (χ1n) is 7.96. The maximum absolute atomic E-state index is 9.61. The van der Waals surface area contributed by atoms with Crippen molar-refractivity contribution in [3.63, 3.8) is 0 Å². The standard InChI is InChI=1S/C18H20Cl3NO3/c1-3-5-25-18-15(21)6-11(7-16(18)24-4-2)10-22-12-8-13(19)17(23)14(20)9-12/h6-9,22-23H,3-5,10H2,1-2H3. The van der Waals surface area contributed by atoms with Crippen LogP contribution in [0.4, 0.5) is 5.69 Å². The molecule has 0 bridgehead atoms. The second kappa shape index (κ2) is 9.27. The summed E-state index contributed by atoms with van der Waals surface area (Å²) in [5, 5.41) is 13.7. The molecule has 0 heterocycles. The van der Waals surface area contributed by atoms with Crippen LogP contribution in [-0.4, -0.2) is 18.3 Å². The van der Waals surface area contributed by atoms with Crippen molar-refractivity contribution in [2.24, 2.45) is 0 Å². The molecule has 0 radical (unpaired) electrons. The molecule has 0 spiro atoms. The summed E-state index contributed by atoms with van der Waals surface area (Å²) in [5.41, 5.74) is 1.60. The molecule has 2 rings (SSSR count). The molecule has 2 aromatic carbocycles. The van der Waals surface area contributed by atoms with E-state index in [4.69, 9.17) is 44.3 Å². The fourth-order valence-electron chi connectivity index (χ4n) is 2.20. The van der Waals surface area contributed by atoms with Crippen molar-refractivity contribution < 1.29 is 14.6 Å². The molecule has 0 fully saturated rings. The van der Waals surface area contributed by atoms with Crippen molar-refractivity contribution in [1.82, 2.24) is 0 Å². The molecule has 0 aromatic heterocycles. The van der Waals surface area contributed by atoms with Gasteiger partial charge in [-0.15, -0.1) is 0 Å². The third-order valence-corrected chi connectivity index (χ3v) is 4.19. The molecule has 2 aromatic rings. The van der Waals surface area contributed by atoms with Gasteiger partial charge in [0.15, 0.2) is 17.2 Å². The number of hydrogen-bond donors (Lipinski definition) is 2. The summed E-state index contributed by atoms with van der Waals surface area (Å²) in [7, 11) is 0. The average molecular weight is 405 g/mol. The van der Waals surface area contributed by atoms with Crippen molar-refractivity contribution in [2.75, 3.05) is 18.5 Å². The van der Waals surface area contributed by atoms with E-state index in [1.807, 2.05) is 26.0 Å². The van der Waals surface area contributed by atoms with Gasteiger partial charge in [0.05, 0.1) is 28.3 Å². The van der Waals surface area contributed by atoms with Gasteiger partial charge in [-0.05, 0) is 43.2 Å². The minimum absolute atomic E-state index is 0.131. The number of anilines is 1. The molecular weight excluding hydrogens is 385 g/mol. The third kappa shape index (κ3) is 5.24. The highest BCUT2D eigenvalue weighted by molar-refractivity contribution is 6.37. The average Bonchev–Trinajstić information content (AvgIpc) is 2.57. The van der Waals surface area contributed by atoms with Gasteiger partial charge in [0.1, 0.15) is 0 Å². The number of rotatable bonds is 8. The Balaban J connectivity index is 2.19. The van der Waals surface area contributed by atoms with E-state index in [1.54, 1.807) is 12.1 Å². The van der Waals surface area contributed by atoms with Gasteiger partial charge in [0.2, 0.25) is 0 Å². The lowest BCUT2D eigenvalue weighted by Gasteiger charge is -2.16. The fraction of sp³-hybridized carbons (Fsp3) is 0.333. The highest BCUT2D eigenvalue weighted by atomic mass is 35.5. The van der Waals surface area contributed by atoms with Crippen LogP contribution in [0.2, 0.25) is 15.1 Å². The zero-order valence-electron chi connectivity index (χ0n) is 14.0. The van der Waals surface area contributed by atoms with Gasteiger partial charge in [0, 0.05) is 12.2 Å². The molecule has 25 heavy (non-hydrogen) atoms. The smallest absolute Gasteiger partial charge is 0.179 e. The topological polar surface area (TPSA) is 50.7 Å². The molecule has 4 nitrogen and oxygen atoms in total. The molecule has 0 aliphatic heterocycles. The Morgan fingerprint density at radius 1 is 0.960 bits per heavy atom. The summed E-state index contributed by atoms with van der Waals surface area (Å²) in [4.78, 5) is 0. The Kier molecular flexibility index (Phi) is 7.36. The van der Waals surface area contributed by atoms with Crippen molar-refractivity contribution >= 4 is 40.5 Å². The quantitative estimate of drug-likeness (QED) is 0.518. The first kappa shape index (κ1) is 19.8. The molecule has 7 heteroatoms. The van der Waals surface area contributed by atoms with Crippen molar-refractivity contribution in [3.8, 4) is 17.2 Å². The van der Waals surface area contributed by atoms with Gasteiger partial charge in [-0.2, -0.15) is 0 Å². The van der Waals surface area contributed by atoms with Crippen molar-refractivity contribution in [1.29, 1.82) is 0 Å². The van der Waals surface area contributed by atoms with Crippen LogP contribution >= 0.6 is 34.8 Å². The zero-order valence-corrected chi connectivity index (χ0v) is 16.3. The molecule has 0 aliphatic rings. The van der Waals surface area contributed by atoms with Crippen molar-refractivity contribution in [3.05, 3.63) is 44.9 Å². The monoisotopic (exact) mass is 403 g/mol. The molecule has 136 valence electrons. The predicted molar refractivity (Wildman–Crippen MR) is 104 cm³/mol. The first-order valence-corrected chi connectivity index (χ1v) is 9.09. The lowest BCUT2D eigenvalue weighted by molar-refractivity contribution is 0.277. The van der Waals surface area contributed by atoms with Gasteiger partial charge in [-0.1, -0.05) is 41.7 Å². The fourth-order valence-corrected chi connectivity index (χ4v) is 2.98. The number of phenolic OH excluding ortho intramolecular Hbond substituents is 1. The Hall–Kier alpha value is -1.49. The molecule has 2 N–H and O–H groups in total. The Morgan fingerprint density at radius 2 is 1.64 bits per heavy atom. The van der Waals surface area contributed by atoms with Crippen LogP contribution in [0.1, 0.15) is 25.8 Å². The van der Waals surface area contributed by atoms with Crippen LogP contribution in [0.15, 0.2) is 24.3 Å². The summed E-state index contributed by atoms with van der Waals surface area (Å²) in [6.45, 7) is 5.50. The summed E-state index contributed by atoms with van der Waals surface area (Å²) in [6.07, 6.45) is 0.883. The largest absolute Gasteiger partial charge is 0.505 e. The number of benzene rings is 2. The number of hydrogen-bond acceptors (Lipinski definition) is 4. The number of nitrogens with one attached hydrogen (secondary N) is 1. The van der Waals surface area contributed by atoms with E-state index in [2.05, 4.69) is 5.32 Å². The first-order chi connectivity index (χ1) is 12.0. The predicted octanol–water partition coefficient (Wildman–Crippen LogP) is 6.15. The van der Waals surface area contributed by atoms with Gasteiger partial charge >= 0.3 is 0 Å². The molecule has 0 atom stereocenters. The van der Waals surface area contributed by atoms with Crippen LogP contribution in [0.25, 0.3) is 0 Å². The van der Waals surface area contributed by atoms with Crippen LogP contribution in [-0.2, 0) is 6.54 Å². The minimum Gasteiger partial charge on any atom is -0.505 e. The normalized spacial score (nSPS) is 10.6. The van der Waals surface area contributed by atoms with E-state index in [-0.39, 0.29) is 15.8 Å². The molecule has 0 amide bonds. The van der Waals surface area contributed by atoms with Crippen LogP contribution < -0.4 is 14.8 Å². The molecular formula is C18H20Cl3NO3. The zero-order chi connectivity index (χ0) is 18.4. The molecule has 0 saturated carbocycles. The second-order valence-electron chi connectivity index (χ2n) is 5.33. The number of ether oxygens (including phenoxy) is 2. The highest BCUT2D eigenvalue weighted by Crippen LogP contribution is 2.38. The van der Waals surface area contributed by atoms with Gasteiger partial charge in [-0.3, -0.25) is 0 Å². The van der Waals surface area contributed by atoms with E-state index < -0.39 is 0 Å². The number of phenols is 1. The molecule has 0 aliphatic carbocycles. The Bertz CT molecular complexity index is 715. The van der Waals surface area contributed by atoms with Crippen molar-refractivity contribution in [2.45, 2.75) is 26.8 Å². The summed E-state index contributed by atoms with van der Waals surface area (Å²) >= 11 is 18.2. The summed E-state index contributed by atoms with van der Waals surface area (Å²) in [5.74, 6) is 1.04. The van der Waals surface area contributed by atoms with Crippen LogP contribution in [0.5, 0.6) is 17.2 Å². The van der Waals surface area contributed by atoms with E-state index in [0.29, 0.717) is 42.0 Å². The summed E-state index contributed by atoms with van der Waals surface area (Å²) in [6, 6.07) is 6.92. The Morgan fingerprint density at radius 3 is 2.24 bits per heavy atom. The second-order valence-corrected chi connectivity index (χ2v) is 6.55. The number of aromatic hydroxyl groups is 1. The third-order valence-electron chi connectivity index (χ3n) is 3.33. The van der Waals surface area contributed by atoms with Gasteiger partial charge < -0.3 is 19.9 Å². The highest BCUT2D eigenvalue weighted by Gasteiger charge is 2.13. The maximum Gasteiger partial charge on any atom is 0.179 e. The van der Waals surface area contributed by atoms with E-state index >= 15 is 0 Å². The van der Waals surface area contributed by atoms with Crippen LogP contribution in [0, 0.1) is 0 Å². The van der Waals surface area contributed by atoms with E-state index in [1.165, 1.54) is 0 Å². The molecule has 0 unspecified atom stereocenters. The van der Waals surface area contributed by atoms with Gasteiger partial charge in [-0.25, -0.2) is 0 Å². The maximum atomic E-state index is 9.61. The Labute approximate surface area is 162 Å². The minimum atomic E-state index is -0.131. The van der Waals surface area contributed by atoms with Gasteiger partial charge in [0.25, 0.3) is 0 Å². The molecule has 0 saturated heterocycles. The number of halogens is 3. The SMILES string of the molecule is CCCOc1c(Cl)cc(CNc2cc(Cl)c(O)c(Cl)c2)cc1OCC. The summed E-state index contributed by atoms with van der Waals surface area (Å²) < 4.78 is 11.3. The van der Waals surface area contributed by atoms with Crippen LogP contribution in [0.3, 0.4) is 0 Å². The van der Waals surface area contributed by atoms with E-state index in [9.17, 15) is 5.11 Å².